The van der Waals surface area contributed by atoms with Crippen LogP contribution in [0.3, 0.4) is 0 Å². The Morgan fingerprint density at radius 2 is 1.55 bits per heavy atom. The monoisotopic (exact) mass is 296 g/mol. The van der Waals surface area contributed by atoms with E-state index < -0.39 is 23.3 Å². The van der Waals surface area contributed by atoms with Gasteiger partial charge in [0.05, 0.1) is 0 Å². The van der Waals surface area contributed by atoms with Crippen molar-refractivity contribution in [2.24, 2.45) is 0 Å². The van der Waals surface area contributed by atoms with Gasteiger partial charge >= 0.3 is 6.03 Å². The van der Waals surface area contributed by atoms with Crippen molar-refractivity contribution in [1.82, 2.24) is 5.32 Å². The molecular formula is C16H12N2O4. The molecule has 0 saturated carbocycles. The molecule has 1 saturated heterocycles. The maximum absolute atomic E-state index is 12.7. The van der Waals surface area contributed by atoms with Crippen LogP contribution in [0, 0.1) is 0 Å². The van der Waals surface area contributed by atoms with Crippen LogP contribution in [0.2, 0.25) is 0 Å². The highest BCUT2D eigenvalue weighted by atomic mass is 16.4. The van der Waals surface area contributed by atoms with Gasteiger partial charge in [0.15, 0.2) is 0 Å². The molecule has 2 unspecified atom stereocenters. The van der Waals surface area contributed by atoms with E-state index in [9.17, 15) is 19.8 Å². The smallest absolute Gasteiger partial charge is 0.327 e. The summed E-state index contributed by atoms with van der Waals surface area (Å²) in [5.74, 6) is -0.715. The number of benzene rings is 2. The number of fused-ring (bicyclic) bond motifs is 3. The first-order valence-corrected chi connectivity index (χ1v) is 6.76. The third-order valence-corrected chi connectivity index (χ3v) is 4.21. The number of urea groups is 1. The average molecular weight is 296 g/mol. The van der Waals surface area contributed by atoms with Crippen LogP contribution in [0.15, 0.2) is 54.6 Å². The van der Waals surface area contributed by atoms with Crippen LogP contribution in [-0.4, -0.2) is 27.8 Å². The molecule has 1 fully saturated rings. The summed E-state index contributed by atoms with van der Waals surface area (Å²) in [6, 6.07) is 13.8. The molecule has 1 aliphatic heterocycles. The lowest BCUT2D eigenvalue weighted by Gasteiger charge is -2.33. The number of aliphatic hydroxyl groups is 2. The molecule has 3 N–H and O–H groups in total. The fraction of sp³-hybridized carbons (Fsp3) is 0.125. The van der Waals surface area contributed by atoms with Gasteiger partial charge in [-0.1, -0.05) is 42.5 Å². The number of carbonyl (C=O) groups is 2. The standard InChI is InChI=1S/C16H12N2O4/c19-13-11-8-4-5-9-12(11)15(21)16(13,22)18(14(20)17-15)10-6-2-1-3-7-10/h1-9,21-22H,(H,17,20). The maximum atomic E-state index is 12.7. The second-order valence-corrected chi connectivity index (χ2v) is 5.36. The van der Waals surface area contributed by atoms with E-state index in [-0.39, 0.29) is 11.1 Å². The maximum Gasteiger partial charge on any atom is 0.327 e. The van der Waals surface area contributed by atoms with Crippen molar-refractivity contribution in [1.29, 1.82) is 0 Å². The number of hydrogen-bond acceptors (Lipinski definition) is 4. The van der Waals surface area contributed by atoms with Crippen LogP contribution in [0.5, 0.6) is 0 Å². The highest BCUT2D eigenvalue weighted by molar-refractivity contribution is 6.17. The van der Waals surface area contributed by atoms with Crippen molar-refractivity contribution in [3.05, 3.63) is 65.7 Å². The zero-order valence-corrected chi connectivity index (χ0v) is 11.4. The van der Waals surface area contributed by atoms with Crippen LogP contribution in [-0.2, 0) is 5.72 Å². The van der Waals surface area contributed by atoms with E-state index in [1.165, 1.54) is 12.1 Å². The second-order valence-electron chi connectivity index (χ2n) is 5.36. The quantitative estimate of drug-likeness (QED) is 0.731. The molecule has 2 aliphatic rings. The summed E-state index contributed by atoms with van der Waals surface area (Å²) in [6.45, 7) is 0. The molecule has 2 aromatic rings. The summed E-state index contributed by atoms with van der Waals surface area (Å²) in [7, 11) is 0. The summed E-state index contributed by atoms with van der Waals surface area (Å²) in [5.41, 5.74) is -3.88. The molecule has 1 heterocycles. The van der Waals surface area contributed by atoms with Crippen LogP contribution >= 0.6 is 0 Å². The molecule has 6 heteroatoms. The molecular weight excluding hydrogens is 284 g/mol. The van der Waals surface area contributed by atoms with E-state index in [1.807, 2.05) is 0 Å². The number of rotatable bonds is 1. The first kappa shape index (κ1) is 13.0. The van der Waals surface area contributed by atoms with Gasteiger partial charge in [-0.25, -0.2) is 4.79 Å². The molecule has 0 spiro atoms. The summed E-state index contributed by atoms with van der Waals surface area (Å²) >= 11 is 0. The highest BCUT2D eigenvalue weighted by Crippen LogP contribution is 2.49. The molecule has 4 rings (SSSR count). The number of nitrogens with zero attached hydrogens (tertiary/aromatic N) is 1. The first-order chi connectivity index (χ1) is 10.5. The molecule has 1 aliphatic carbocycles. The van der Waals surface area contributed by atoms with Gasteiger partial charge in [0.1, 0.15) is 0 Å². The number of anilines is 1. The van der Waals surface area contributed by atoms with Gasteiger partial charge in [-0.3, -0.25) is 9.69 Å². The third kappa shape index (κ3) is 1.26. The van der Waals surface area contributed by atoms with Gasteiger partial charge < -0.3 is 15.5 Å². The Morgan fingerprint density at radius 3 is 2.27 bits per heavy atom. The van der Waals surface area contributed by atoms with Crippen LogP contribution < -0.4 is 10.2 Å². The molecule has 22 heavy (non-hydrogen) atoms. The minimum Gasteiger partial charge on any atom is -0.363 e. The van der Waals surface area contributed by atoms with Gasteiger partial charge in [0.2, 0.25) is 11.5 Å². The fourth-order valence-electron chi connectivity index (χ4n) is 3.19. The Kier molecular flexibility index (Phi) is 2.33. The van der Waals surface area contributed by atoms with Crippen molar-refractivity contribution < 1.29 is 19.8 Å². The molecule has 2 amide bonds. The average Bonchev–Trinajstić information content (AvgIpc) is 2.84. The van der Waals surface area contributed by atoms with E-state index >= 15 is 0 Å². The molecule has 2 aromatic carbocycles. The van der Waals surface area contributed by atoms with Crippen LogP contribution in [0.1, 0.15) is 15.9 Å². The van der Waals surface area contributed by atoms with Crippen molar-refractivity contribution >= 4 is 17.5 Å². The number of hydrogen-bond donors (Lipinski definition) is 3. The Labute approximate surface area is 125 Å². The molecule has 2 atom stereocenters. The van der Waals surface area contributed by atoms with E-state index in [0.29, 0.717) is 5.69 Å². The topological polar surface area (TPSA) is 89.9 Å². The summed E-state index contributed by atoms with van der Waals surface area (Å²) < 4.78 is 0. The van der Waals surface area contributed by atoms with Crippen LogP contribution in [0.25, 0.3) is 0 Å². The molecule has 110 valence electrons. The predicted molar refractivity (Wildman–Crippen MR) is 77.1 cm³/mol. The minimum absolute atomic E-state index is 0.188. The predicted octanol–water partition coefficient (Wildman–Crippen LogP) is 0.946. The number of amides is 2. The first-order valence-electron chi connectivity index (χ1n) is 6.76. The molecule has 6 nitrogen and oxygen atoms in total. The van der Waals surface area contributed by atoms with E-state index in [0.717, 1.165) is 4.90 Å². The van der Waals surface area contributed by atoms with Gasteiger partial charge in [-0.2, -0.15) is 0 Å². The Balaban J connectivity index is 1.97. The molecule has 0 radical (unpaired) electrons. The van der Waals surface area contributed by atoms with Crippen molar-refractivity contribution in [2.75, 3.05) is 4.90 Å². The van der Waals surface area contributed by atoms with Gasteiger partial charge in [-0.05, 0) is 12.1 Å². The second kappa shape index (κ2) is 3.94. The fourth-order valence-corrected chi connectivity index (χ4v) is 3.19. The van der Waals surface area contributed by atoms with E-state index in [4.69, 9.17) is 0 Å². The Hall–Kier alpha value is -2.70. The molecule has 0 aromatic heterocycles. The molecule has 0 bridgehead atoms. The van der Waals surface area contributed by atoms with E-state index in [1.54, 1.807) is 42.5 Å². The number of Topliss-reactive ketones (excluding diaryl/α,β-unsaturated/α-hetero) is 1. The largest absolute Gasteiger partial charge is 0.363 e. The van der Waals surface area contributed by atoms with Gasteiger partial charge in [0, 0.05) is 16.8 Å². The number of carbonyl (C=O) groups excluding carboxylic acids is 2. The lowest BCUT2D eigenvalue weighted by molar-refractivity contribution is -0.112. The summed E-state index contributed by atoms with van der Waals surface area (Å²) in [4.78, 5) is 25.9. The van der Waals surface area contributed by atoms with E-state index in [2.05, 4.69) is 5.32 Å². The van der Waals surface area contributed by atoms with Crippen molar-refractivity contribution in [3.8, 4) is 0 Å². The normalized spacial score (nSPS) is 29.3. The van der Waals surface area contributed by atoms with Crippen molar-refractivity contribution in [3.63, 3.8) is 0 Å². The minimum atomic E-state index is -2.41. The lowest BCUT2D eigenvalue weighted by Crippen LogP contribution is -2.60. The van der Waals surface area contributed by atoms with Gasteiger partial charge in [0.25, 0.3) is 5.72 Å². The lowest BCUT2D eigenvalue weighted by atomic mass is 9.99. The summed E-state index contributed by atoms with van der Waals surface area (Å²) in [6.07, 6.45) is 0. The number of nitrogens with one attached hydrogen (secondary N) is 1. The highest BCUT2D eigenvalue weighted by Gasteiger charge is 2.72. The Morgan fingerprint density at radius 1 is 0.909 bits per heavy atom. The summed E-state index contributed by atoms with van der Waals surface area (Å²) in [5, 5.41) is 24.2. The number of para-hydroxylation sites is 1. The zero-order chi connectivity index (χ0) is 15.5. The van der Waals surface area contributed by atoms with Gasteiger partial charge in [-0.15, -0.1) is 0 Å². The van der Waals surface area contributed by atoms with Crippen molar-refractivity contribution in [2.45, 2.75) is 11.4 Å². The third-order valence-electron chi connectivity index (χ3n) is 4.21. The number of ketones is 1. The van der Waals surface area contributed by atoms with Crippen LogP contribution in [0.4, 0.5) is 10.5 Å². The Bertz CT molecular complexity index is 807. The zero-order valence-electron chi connectivity index (χ0n) is 11.4. The SMILES string of the molecule is O=C1NC2(O)c3ccccc3C(=O)C2(O)N1c1ccccc1.